The molecule has 2 aromatic rings. The van der Waals surface area contributed by atoms with E-state index >= 15 is 0 Å². The monoisotopic (exact) mass is 317 g/mol. The predicted molar refractivity (Wildman–Crippen MR) is 80.8 cm³/mol. The third-order valence-corrected chi connectivity index (χ3v) is 3.46. The molecule has 0 aliphatic carbocycles. The molecule has 1 amide bonds. The molecule has 19 heavy (non-hydrogen) atoms. The second kappa shape index (κ2) is 6.53. The zero-order valence-corrected chi connectivity index (χ0v) is 12.4. The number of rotatable bonds is 4. The summed E-state index contributed by atoms with van der Waals surface area (Å²) in [5, 5.41) is 3.01. The van der Waals surface area contributed by atoms with E-state index in [1.165, 1.54) is 5.56 Å². The van der Waals surface area contributed by atoms with Crippen molar-refractivity contribution >= 4 is 21.8 Å². The van der Waals surface area contributed by atoms with E-state index in [2.05, 4.69) is 33.4 Å². The molecule has 98 valence electrons. The molecule has 1 unspecified atom stereocenters. The van der Waals surface area contributed by atoms with Gasteiger partial charge in [-0.25, -0.2) is 0 Å². The molecule has 1 N–H and O–H groups in total. The Balaban J connectivity index is 2.19. The number of halogens is 1. The van der Waals surface area contributed by atoms with Crippen molar-refractivity contribution < 1.29 is 4.79 Å². The molecule has 2 rings (SSSR count). The van der Waals surface area contributed by atoms with Gasteiger partial charge >= 0.3 is 0 Å². The van der Waals surface area contributed by atoms with E-state index in [0.29, 0.717) is 0 Å². The zero-order chi connectivity index (χ0) is 13.7. The van der Waals surface area contributed by atoms with Gasteiger partial charge in [0.15, 0.2) is 0 Å². The molecule has 2 aromatic carbocycles. The van der Waals surface area contributed by atoms with Crippen LogP contribution in [0.3, 0.4) is 0 Å². The van der Waals surface area contributed by atoms with Gasteiger partial charge in [-0.15, -0.1) is 0 Å². The lowest BCUT2D eigenvalue weighted by Gasteiger charge is -2.18. The summed E-state index contributed by atoms with van der Waals surface area (Å²) in [4.78, 5) is 11.4. The molecule has 0 spiro atoms. The Kier molecular flexibility index (Phi) is 4.74. The molecule has 1 atom stereocenters. The van der Waals surface area contributed by atoms with Crippen LogP contribution in [0.4, 0.5) is 0 Å². The zero-order valence-electron chi connectivity index (χ0n) is 10.8. The molecule has 0 radical (unpaired) electrons. The lowest BCUT2D eigenvalue weighted by molar-refractivity contribution is -0.119. The minimum absolute atomic E-state index is 0.00837. The maximum absolute atomic E-state index is 11.4. The van der Waals surface area contributed by atoms with E-state index in [1.54, 1.807) is 6.92 Å². The number of carbonyl (C=O) groups is 1. The van der Waals surface area contributed by atoms with Crippen LogP contribution in [0.2, 0.25) is 0 Å². The summed E-state index contributed by atoms with van der Waals surface area (Å²) in [7, 11) is 0. The third kappa shape index (κ3) is 4.21. The molecule has 0 bridgehead atoms. The van der Waals surface area contributed by atoms with E-state index in [-0.39, 0.29) is 11.9 Å². The van der Waals surface area contributed by atoms with Gasteiger partial charge in [0.25, 0.3) is 0 Å². The Bertz CT molecular complexity index is 536. The van der Waals surface area contributed by atoms with Gasteiger partial charge in [-0.05, 0) is 29.7 Å². The van der Waals surface area contributed by atoms with Gasteiger partial charge in [-0.2, -0.15) is 0 Å². The van der Waals surface area contributed by atoms with Crippen molar-refractivity contribution in [1.82, 2.24) is 5.32 Å². The first-order chi connectivity index (χ1) is 9.15. The molecule has 0 saturated heterocycles. The normalized spacial score (nSPS) is 11.9. The molecule has 0 aliphatic heterocycles. The Morgan fingerprint density at radius 2 is 1.74 bits per heavy atom. The minimum Gasteiger partial charge on any atom is -0.349 e. The molecule has 0 aliphatic rings. The molecule has 0 saturated carbocycles. The van der Waals surface area contributed by atoms with Crippen LogP contribution in [0.1, 0.15) is 24.1 Å². The van der Waals surface area contributed by atoms with Crippen molar-refractivity contribution in [2.45, 2.75) is 19.4 Å². The highest BCUT2D eigenvalue weighted by molar-refractivity contribution is 9.10. The highest BCUT2D eigenvalue weighted by Gasteiger charge is 2.12. The summed E-state index contributed by atoms with van der Waals surface area (Å²) in [5.74, 6) is -0.00837. The Morgan fingerprint density at radius 3 is 2.32 bits per heavy atom. The van der Waals surface area contributed by atoms with E-state index in [4.69, 9.17) is 0 Å². The van der Waals surface area contributed by atoms with Gasteiger partial charge in [-0.1, -0.05) is 58.4 Å². The first-order valence-electron chi connectivity index (χ1n) is 6.21. The van der Waals surface area contributed by atoms with E-state index in [0.717, 1.165) is 16.5 Å². The maximum atomic E-state index is 11.4. The Hall–Kier alpha value is -1.61. The van der Waals surface area contributed by atoms with Crippen LogP contribution in [-0.2, 0) is 11.2 Å². The summed E-state index contributed by atoms with van der Waals surface area (Å²) in [6, 6.07) is 18.2. The fourth-order valence-corrected chi connectivity index (χ4v) is 2.30. The van der Waals surface area contributed by atoms with Crippen molar-refractivity contribution in [3.8, 4) is 0 Å². The van der Waals surface area contributed by atoms with Crippen molar-refractivity contribution in [3.05, 3.63) is 70.2 Å². The topological polar surface area (TPSA) is 29.1 Å². The van der Waals surface area contributed by atoms with E-state index in [9.17, 15) is 4.79 Å². The summed E-state index contributed by atoms with van der Waals surface area (Å²) in [5.41, 5.74) is 2.33. The number of hydrogen-bond donors (Lipinski definition) is 1. The first-order valence-corrected chi connectivity index (χ1v) is 7.01. The highest BCUT2D eigenvalue weighted by Crippen LogP contribution is 2.19. The number of benzene rings is 2. The van der Waals surface area contributed by atoms with Crippen LogP contribution in [0.25, 0.3) is 0 Å². The third-order valence-electron chi connectivity index (χ3n) is 2.93. The number of amides is 1. The Labute approximate surface area is 122 Å². The van der Waals surface area contributed by atoms with Gasteiger partial charge in [-0.3, -0.25) is 4.79 Å². The van der Waals surface area contributed by atoms with Crippen LogP contribution in [0.15, 0.2) is 59.1 Å². The minimum atomic E-state index is -0.00837. The van der Waals surface area contributed by atoms with Crippen molar-refractivity contribution in [2.24, 2.45) is 0 Å². The lowest BCUT2D eigenvalue weighted by atomic mass is 9.99. The van der Waals surface area contributed by atoms with Crippen LogP contribution < -0.4 is 5.32 Å². The molecular formula is C16H16BrNO. The van der Waals surface area contributed by atoms with Gasteiger partial charge in [0.05, 0.1) is 6.04 Å². The average Bonchev–Trinajstić information content (AvgIpc) is 2.41. The molecule has 3 heteroatoms. The predicted octanol–water partition coefficient (Wildman–Crippen LogP) is 3.87. The van der Waals surface area contributed by atoms with Gasteiger partial charge in [0.1, 0.15) is 0 Å². The average molecular weight is 318 g/mol. The number of hydrogen-bond acceptors (Lipinski definition) is 1. The summed E-state index contributed by atoms with van der Waals surface area (Å²) < 4.78 is 1.06. The van der Waals surface area contributed by atoms with Crippen molar-refractivity contribution in [3.63, 3.8) is 0 Å². The van der Waals surface area contributed by atoms with Crippen molar-refractivity contribution in [2.75, 3.05) is 0 Å². The lowest BCUT2D eigenvalue weighted by Crippen LogP contribution is -2.27. The molecule has 0 aromatic heterocycles. The van der Waals surface area contributed by atoms with Crippen LogP contribution >= 0.6 is 15.9 Å². The molecule has 0 heterocycles. The van der Waals surface area contributed by atoms with Gasteiger partial charge in [0.2, 0.25) is 5.91 Å². The fraction of sp³-hybridized carbons (Fsp3) is 0.188. The quantitative estimate of drug-likeness (QED) is 0.911. The Morgan fingerprint density at radius 1 is 1.11 bits per heavy atom. The second-order valence-corrected chi connectivity index (χ2v) is 5.41. The highest BCUT2D eigenvalue weighted by atomic mass is 79.9. The standard InChI is InChI=1S/C16H16BrNO/c1-12(19)18-16(14-5-3-2-4-6-14)11-13-7-9-15(17)10-8-13/h2-10,16H,11H2,1H3,(H,18,19). The number of nitrogens with one attached hydrogen (secondary N) is 1. The maximum Gasteiger partial charge on any atom is 0.217 e. The smallest absolute Gasteiger partial charge is 0.217 e. The van der Waals surface area contributed by atoms with Gasteiger partial charge in [0, 0.05) is 11.4 Å². The van der Waals surface area contributed by atoms with E-state index < -0.39 is 0 Å². The van der Waals surface area contributed by atoms with Crippen molar-refractivity contribution in [1.29, 1.82) is 0 Å². The number of carbonyl (C=O) groups excluding carboxylic acids is 1. The van der Waals surface area contributed by atoms with E-state index in [1.807, 2.05) is 42.5 Å². The summed E-state index contributed by atoms with van der Waals surface area (Å²) in [6.45, 7) is 1.55. The van der Waals surface area contributed by atoms with Crippen LogP contribution in [0.5, 0.6) is 0 Å². The largest absolute Gasteiger partial charge is 0.349 e. The van der Waals surface area contributed by atoms with Crippen LogP contribution in [0, 0.1) is 0 Å². The first kappa shape index (κ1) is 13.8. The van der Waals surface area contributed by atoms with Gasteiger partial charge < -0.3 is 5.32 Å². The summed E-state index contributed by atoms with van der Waals surface area (Å²) in [6.07, 6.45) is 0.789. The molecule has 2 nitrogen and oxygen atoms in total. The van der Waals surface area contributed by atoms with Crippen LogP contribution in [-0.4, -0.2) is 5.91 Å². The summed E-state index contributed by atoms with van der Waals surface area (Å²) >= 11 is 3.43. The molecular weight excluding hydrogens is 302 g/mol. The fourth-order valence-electron chi connectivity index (χ4n) is 2.04. The molecule has 0 fully saturated rings. The second-order valence-electron chi connectivity index (χ2n) is 4.49. The SMILES string of the molecule is CC(=O)NC(Cc1ccc(Br)cc1)c1ccccc1.